The number of ether oxygens (including phenoxy) is 5. The Labute approximate surface area is 284 Å². The van der Waals surface area contributed by atoms with E-state index in [0.717, 1.165) is 57.6 Å². The molecule has 1 saturated heterocycles. The molecule has 0 bridgehead atoms. The Balaban J connectivity index is 1.15. The molecular weight excluding hydrogens is 640 g/mol. The lowest BCUT2D eigenvalue weighted by Gasteiger charge is -2.38. The first kappa shape index (κ1) is 34.0. The minimum atomic E-state index is -0.223. The highest BCUT2D eigenvalue weighted by Gasteiger charge is 2.29. The molecule has 2 aliphatic rings. The molecule has 1 aliphatic carbocycles. The summed E-state index contributed by atoms with van der Waals surface area (Å²) in [5, 5.41) is 20.0. The second-order valence-corrected chi connectivity index (χ2v) is 12.3. The maximum atomic E-state index is 6.49. The molecule has 4 aromatic rings. The molecule has 16 heteroatoms. The molecule has 4 heterocycles. The van der Waals surface area contributed by atoms with Crippen LogP contribution in [0.4, 0.5) is 11.6 Å². The number of nitrogens with zero attached hydrogens (tertiary/aromatic N) is 9. The van der Waals surface area contributed by atoms with E-state index in [1.807, 2.05) is 36.0 Å². The highest BCUT2D eigenvalue weighted by Crippen LogP contribution is 2.35. The van der Waals surface area contributed by atoms with Crippen molar-refractivity contribution in [3.05, 3.63) is 48.0 Å². The van der Waals surface area contributed by atoms with Crippen molar-refractivity contribution in [2.45, 2.75) is 57.3 Å². The number of morpholine rings is 1. The quantitative estimate of drug-likeness (QED) is 0.170. The Kier molecular flexibility index (Phi) is 12.0. The molecular formula is C32H43ClN10O5. The van der Waals surface area contributed by atoms with Gasteiger partial charge >= 0.3 is 0 Å². The smallest absolute Gasteiger partial charge is 0.257 e. The predicted molar refractivity (Wildman–Crippen MR) is 178 cm³/mol. The second-order valence-electron chi connectivity index (χ2n) is 11.9. The SMILES string of the molecule is COCCOCCOc1nn(C2CCC(N3CCOCC3)CC2)cc1Nc1nccc(-c2ccc(Cl)c(O[C@@H](C)Cn3cnnn3)c2)n1. The second kappa shape index (κ2) is 17.0. The lowest BCUT2D eigenvalue weighted by Crippen LogP contribution is -2.45. The van der Waals surface area contributed by atoms with Gasteiger partial charge in [-0.15, -0.1) is 10.2 Å². The zero-order valence-corrected chi connectivity index (χ0v) is 28.2. The number of benzene rings is 1. The molecule has 15 nitrogen and oxygen atoms in total. The molecule has 2 fully saturated rings. The molecule has 6 rings (SSSR count). The molecule has 258 valence electrons. The fraction of sp³-hybridized carbons (Fsp3) is 0.562. The number of hydrogen-bond acceptors (Lipinski definition) is 13. The Morgan fingerprint density at radius 2 is 1.85 bits per heavy atom. The maximum absolute atomic E-state index is 6.49. The molecule has 48 heavy (non-hydrogen) atoms. The van der Waals surface area contributed by atoms with E-state index in [2.05, 4.69) is 30.7 Å². The van der Waals surface area contributed by atoms with E-state index in [4.69, 9.17) is 45.4 Å². The van der Waals surface area contributed by atoms with E-state index >= 15 is 0 Å². The molecule has 1 aromatic carbocycles. The number of aromatic nitrogens is 8. The summed E-state index contributed by atoms with van der Waals surface area (Å²) < 4.78 is 32.1. The number of tetrazole rings is 1. The maximum Gasteiger partial charge on any atom is 0.257 e. The monoisotopic (exact) mass is 682 g/mol. The van der Waals surface area contributed by atoms with Gasteiger partial charge in [0.05, 0.1) is 62.5 Å². The van der Waals surface area contributed by atoms with Crippen LogP contribution in [0, 0.1) is 0 Å². The Morgan fingerprint density at radius 1 is 1.04 bits per heavy atom. The summed E-state index contributed by atoms with van der Waals surface area (Å²) in [7, 11) is 1.65. The Bertz CT molecular complexity index is 1560. The first-order chi connectivity index (χ1) is 23.6. The van der Waals surface area contributed by atoms with E-state index in [1.54, 1.807) is 30.4 Å². The zero-order chi connectivity index (χ0) is 33.1. The third kappa shape index (κ3) is 9.17. The van der Waals surface area contributed by atoms with Crippen molar-refractivity contribution in [3.8, 4) is 22.9 Å². The van der Waals surface area contributed by atoms with E-state index < -0.39 is 0 Å². The van der Waals surface area contributed by atoms with Gasteiger partial charge in [-0.2, -0.15) is 0 Å². The topological polar surface area (TPSA) is 149 Å². The van der Waals surface area contributed by atoms with Crippen LogP contribution < -0.4 is 14.8 Å². The fourth-order valence-corrected chi connectivity index (χ4v) is 6.22. The Morgan fingerprint density at radius 3 is 2.65 bits per heavy atom. The highest BCUT2D eigenvalue weighted by atomic mass is 35.5. The number of hydrogen-bond donors (Lipinski definition) is 1. The van der Waals surface area contributed by atoms with Crippen molar-refractivity contribution in [3.63, 3.8) is 0 Å². The van der Waals surface area contributed by atoms with Crippen LogP contribution in [-0.4, -0.2) is 117 Å². The van der Waals surface area contributed by atoms with Crippen LogP contribution in [0.3, 0.4) is 0 Å². The summed E-state index contributed by atoms with van der Waals surface area (Å²) in [4.78, 5) is 11.9. The van der Waals surface area contributed by atoms with E-state index in [0.29, 0.717) is 73.0 Å². The predicted octanol–water partition coefficient (Wildman–Crippen LogP) is 4.05. The lowest BCUT2D eigenvalue weighted by atomic mass is 9.90. The van der Waals surface area contributed by atoms with Gasteiger partial charge in [-0.1, -0.05) is 17.7 Å². The van der Waals surface area contributed by atoms with E-state index in [1.165, 1.54) is 0 Å². The average molecular weight is 683 g/mol. The molecule has 0 unspecified atom stereocenters. The number of halogens is 1. The molecule has 1 atom stereocenters. The molecule has 1 aliphatic heterocycles. The third-order valence-corrected chi connectivity index (χ3v) is 8.80. The van der Waals surface area contributed by atoms with Crippen LogP contribution in [0.5, 0.6) is 11.6 Å². The molecule has 0 radical (unpaired) electrons. The normalized spacial score (nSPS) is 19.2. The standard InChI is InChI=1S/C32H43ClN10O5/c1-23(20-42-22-35-39-40-42)48-30-19-24(3-8-27(30)33)28-9-10-34-32(36-28)37-29-21-43(38-31(29)47-18-17-46-16-15-44-2)26-6-4-25(5-7-26)41-11-13-45-14-12-41/h3,8-10,19,21-23,25-26H,4-7,11-18,20H2,1-2H3,(H,34,36,37)/t23-,25?,26?/m0/s1. The van der Waals surface area contributed by atoms with Crippen LogP contribution in [0.2, 0.25) is 5.02 Å². The molecule has 1 saturated carbocycles. The summed E-state index contributed by atoms with van der Waals surface area (Å²) in [6, 6.07) is 8.28. The van der Waals surface area contributed by atoms with Crippen molar-refractivity contribution >= 4 is 23.2 Å². The van der Waals surface area contributed by atoms with E-state index in [9.17, 15) is 0 Å². The molecule has 1 N–H and O–H groups in total. The van der Waals surface area contributed by atoms with Gasteiger partial charge in [-0.05, 0) is 61.2 Å². The van der Waals surface area contributed by atoms with Crippen LogP contribution in [0.25, 0.3) is 11.3 Å². The van der Waals surface area contributed by atoms with Crippen LogP contribution in [0.15, 0.2) is 43.0 Å². The number of rotatable bonds is 16. The van der Waals surface area contributed by atoms with Crippen molar-refractivity contribution in [2.24, 2.45) is 0 Å². The van der Waals surface area contributed by atoms with Crippen molar-refractivity contribution in [2.75, 3.05) is 65.2 Å². The summed E-state index contributed by atoms with van der Waals surface area (Å²) >= 11 is 6.49. The van der Waals surface area contributed by atoms with Crippen LogP contribution in [0.1, 0.15) is 38.6 Å². The summed E-state index contributed by atoms with van der Waals surface area (Å²) in [5.74, 6) is 1.43. The first-order valence-corrected chi connectivity index (χ1v) is 16.8. The van der Waals surface area contributed by atoms with Crippen molar-refractivity contribution in [1.29, 1.82) is 0 Å². The Hall–Kier alpha value is -3.89. The third-order valence-electron chi connectivity index (χ3n) is 8.49. The van der Waals surface area contributed by atoms with Crippen molar-refractivity contribution in [1.82, 2.24) is 44.9 Å². The summed E-state index contributed by atoms with van der Waals surface area (Å²) in [5.41, 5.74) is 2.22. The minimum absolute atomic E-state index is 0.223. The number of nitrogens with one attached hydrogen (secondary N) is 1. The summed E-state index contributed by atoms with van der Waals surface area (Å²) in [6.07, 6.45) is 9.38. The first-order valence-electron chi connectivity index (χ1n) is 16.4. The van der Waals surface area contributed by atoms with Gasteiger partial charge in [-0.3, -0.25) is 9.58 Å². The minimum Gasteiger partial charge on any atom is -0.487 e. The average Bonchev–Trinajstić information content (AvgIpc) is 3.78. The highest BCUT2D eigenvalue weighted by molar-refractivity contribution is 6.32. The van der Waals surface area contributed by atoms with Gasteiger partial charge in [0.1, 0.15) is 30.5 Å². The molecule has 0 spiro atoms. The molecule has 3 aromatic heterocycles. The van der Waals surface area contributed by atoms with Crippen LogP contribution in [-0.2, 0) is 20.8 Å². The number of methoxy groups -OCH3 is 1. The van der Waals surface area contributed by atoms with Gasteiger partial charge in [0.15, 0.2) is 0 Å². The molecule has 0 amide bonds. The van der Waals surface area contributed by atoms with Gasteiger partial charge in [-0.25, -0.2) is 14.6 Å². The summed E-state index contributed by atoms with van der Waals surface area (Å²) in [6.45, 7) is 7.87. The largest absolute Gasteiger partial charge is 0.487 e. The number of anilines is 2. The lowest BCUT2D eigenvalue weighted by molar-refractivity contribution is 0.00501. The zero-order valence-electron chi connectivity index (χ0n) is 27.4. The van der Waals surface area contributed by atoms with Gasteiger partial charge in [0, 0.05) is 38.0 Å². The van der Waals surface area contributed by atoms with Gasteiger partial charge in [0.2, 0.25) is 5.95 Å². The fourth-order valence-electron chi connectivity index (χ4n) is 6.06. The van der Waals surface area contributed by atoms with Gasteiger partial charge in [0.25, 0.3) is 5.88 Å². The van der Waals surface area contributed by atoms with Crippen molar-refractivity contribution < 1.29 is 23.7 Å². The van der Waals surface area contributed by atoms with E-state index in [-0.39, 0.29) is 12.1 Å². The van der Waals surface area contributed by atoms with Crippen LogP contribution >= 0.6 is 11.6 Å². The van der Waals surface area contributed by atoms with Gasteiger partial charge < -0.3 is 29.0 Å².